The van der Waals surface area contributed by atoms with Gasteiger partial charge in [-0.1, -0.05) is 25.3 Å². The molecule has 2 fully saturated rings. The van der Waals surface area contributed by atoms with E-state index in [9.17, 15) is 4.79 Å². The van der Waals surface area contributed by atoms with Gasteiger partial charge in [-0.2, -0.15) is 5.26 Å². The minimum absolute atomic E-state index is 0.0717. The summed E-state index contributed by atoms with van der Waals surface area (Å²) in [4.78, 5) is 30.5. The van der Waals surface area contributed by atoms with Crippen molar-refractivity contribution in [3.8, 4) is 6.07 Å². The SMILES string of the molecule is C=C/N=C(\C)N1CCN(Cc2ccc(C)c(C(=O)N3CCN(C(=C)/N=C(\C)C#N)CC3)c2)CC1. The van der Waals surface area contributed by atoms with Crippen molar-refractivity contribution in [1.82, 2.24) is 19.6 Å². The van der Waals surface area contributed by atoms with Crippen LogP contribution in [0, 0.1) is 18.3 Å². The molecule has 0 radical (unpaired) electrons. The molecule has 1 aromatic carbocycles. The lowest BCUT2D eigenvalue weighted by Gasteiger charge is -2.36. The third-order valence-electron chi connectivity index (χ3n) is 6.44. The van der Waals surface area contributed by atoms with E-state index in [0.717, 1.165) is 55.2 Å². The van der Waals surface area contributed by atoms with Gasteiger partial charge in [-0.05, 0) is 38.0 Å². The molecule has 0 aliphatic carbocycles. The molecule has 0 unspecified atom stereocenters. The molecule has 3 rings (SSSR count). The quantitative estimate of drug-likeness (QED) is 0.481. The third kappa shape index (κ3) is 6.33. The number of aliphatic imine (C=N–C) groups is 2. The normalized spacial score (nSPS) is 18.0. The van der Waals surface area contributed by atoms with Crippen LogP contribution in [0.5, 0.6) is 0 Å². The number of amidine groups is 1. The molecule has 34 heavy (non-hydrogen) atoms. The van der Waals surface area contributed by atoms with E-state index in [4.69, 9.17) is 5.26 Å². The van der Waals surface area contributed by atoms with Crippen molar-refractivity contribution < 1.29 is 4.79 Å². The second-order valence-electron chi connectivity index (χ2n) is 8.78. The average molecular weight is 462 g/mol. The summed E-state index contributed by atoms with van der Waals surface area (Å²) in [5.74, 6) is 1.66. The average Bonchev–Trinajstić information content (AvgIpc) is 2.85. The van der Waals surface area contributed by atoms with Crippen LogP contribution in [-0.2, 0) is 6.54 Å². The molecule has 2 aliphatic rings. The fourth-order valence-electron chi connectivity index (χ4n) is 4.33. The molecule has 0 spiro atoms. The zero-order valence-corrected chi connectivity index (χ0v) is 20.6. The van der Waals surface area contributed by atoms with E-state index < -0.39 is 0 Å². The standard InChI is InChI=1S/C26H35N7O/c1-6-28-22(4)31-11-9-30(10-12-31)19-24-8-7-20(2)25(17-24)26(34)33-15-13-32(14-16-33)23(5)29-21(3)18-27/h6-8,17H,1,5,9-16,19H2,2-4H3/b28-22+,29-21+. The molecule has 2 heterocycles. The number of hydrogen-bond donors (Lipinski definition) is 0. The number of nitriles is 1. The smallest absolute Gasteiger partial charge is 0.254 e. The van der Waals surface area contributed by atoms with Crippen molar-refractivity contribution in [2.24, 2.45) is 9.98 Å². The van der Waals surface area contributed by atoms with E-state index in [2.05, 4.69) is 51.1 Å². The molecule has 0 aromatic heterocycles. The Labute approximate surface area is 203 Å². The summed E-state index contributed by atoms with van der Waals surface area (Å²) < 4.78 is 0. The van der Waals surface area contributed by atoms with Crippen LogP contribution in [0.1, 0.15) is 35.3 Å². The highest BCUT2D eigenvalue weighted by Crippen LogP contribution is 2.18. The van der Waals surface area contributed by atoms with Gasteiger partial charge in [-0.25, -0.2) is 9.98 Å². The van der Waals surface area contributed by atoms with Crippen molar-refractivity contribution in [3.63, 3.8) is 0 Å². The Hall–Kier alpha value is -3.44. The molecule has 0 atom stereocenters. The Bertz CT molecular complexity index is 1020. The van der Waals surface area contributed by atoms with E-state index in [1.807, 2.05) is 29.7 Å². The van der Waals surface area contributed by atoms with Crippen molar-refractivity contribution in [1.29, 1.82) is 5.26 Å². The van der Waals surface area contributed by atoms with Gasteiger partial charge in [-0.15, -0.1) is 0 Å². The van der Waals surface area contributed by atoms with Gasteiger partial charge in [0.1, 0.15) is 23.4 Å². The maximum atomic E-state index is 13.3. The molecule has 180 valence electrons. The fourth-order valence-corrected chi connectivity index (χ4v) is 4.33. The van der Waals surface area contributed by atoms with Gasteiger partial charge in [0.2, 0.25) is 0 Å². The second-order valence-corrected chi connectivity index (χ2v) is 8.78. The van der Waals surface area contributed by atoms with E-state index in [1.165, 1.54) is 0 Å². The van der Waals surface area contributed by atoms with Crippen LogP contribution < -0.4 is 0 Å². The van der Waals surface area contributed by atoms with Crippen LogP contribution in [0.3, 0.4) is 0 Å². The van der Waals surface area contributed by atoms with Crippen LogP contribution in [0.2, 0.25) is 0 Å². The monoisotopic (exact) mass is 461 g/mol. The molecule has 2 saturated heterocycles. The van der Waals surface area contributed by atoms with Gasteiger partial charge in [0, 0.05) is 70.7 Å². The summed E-state index contributed by atoms with van der Waals surface area (Å²) in [7, 11) is 0. The van der Waals surface area contributed by atoms with E-state index in [-0.39, 0.29) is 5.91 Å². The maximum absolute atomic E-state index is 13.3. The predicted molar refractivity (Wildman–Crippen MR) is 137 cm³/mol. The first-order valence-electron chi connectivity index (χ1n) is 11.7. The number of carbonyl (C=O) groups excluding carboxylic acids is 1. The Balaban J connectivity index is 1.58. The van der Waals surface area contributed by atoms with Crippen molar-refractivity contribution in [2.75, 3.05) is 52.4 Å². The van der Waals surface area contributed by atoms with E-state index in [1.54, 1.807) is 13.1 Å². The first-order chi connectivity index (χ1) is 16.3. The van der Waals surface area contributed by atoms with Gasteiger partial charge in [0.25, 0.3) is 5.91 Å². The number of amides is 1. The molecular weight excluding hydrogens is 426 g/mol. The first-order valence-corrected chi connectivity index (χ1v) is 11.7. The molecule has 0 saturated carbocycles. The molecule has 1 amide bonds. The zero-order valence-electron chi connectivity index (χ0n) is 20.6. The summed E-state index contributed by atoms with van der Waals surface area (Å²) in [6, 6.07) is 8.25. The van der Waals surface area contributed by atoms with Crippen molar-refractivity contribution >= 4 is 17.5 Å². The second kappa shape index (κ2) is 11.6. The minimum Gasteiger partial charge on any atom is -0.358 e. The zero-order chi connectivity index (χ0) is 24.7. The predicted octanol–water partition coefficient (Wildman–Crippen LogP) is 2.89. The van der Waals surface area contributed by atoms with Crippen LogP contribution in [0.4, 0.5) is 0 Å². The van der Waals surface area contributed by atoms with Gasteiger partial charge in [0.05, 0.1) is 0 Å². The lowest BCUT2D eigenvalue weighted by Crippen LogP contribution is -2.48. The largest absolute Gasteiger partial charge is 0.358 e. The molecule has 0 bridgehead atoms. The minimum atomic E-state index is 0.0717. The van der Waals surface area contributed by atoms with Gasteiger partial charge < -0.3 is 14.7 Å². The number of piperazine rings is 2. The summed E-state index contributed by atoms with van der Waals surface area (Å²) in [5.41, 5.74) is 3.32. The Kier molecular flexibility index (Phi) is 8.61. The van der Waals surface area contributed by atoms with E-state index >= 15 is 0 Å². The van der Waals surface area contributed by atoms with Crippen molar-refractivity contribution in [3.05, 3.63) is 60.1 Å². The maximum Gasteiger partial charge on any atom is 0.254 e. The first kappa shape index (κ1) is 25.2. The molecule has 0 N–H and O–H groups in total. The lowest BCUT2D eigenvalue weighted by atomic mass is 10.0. The Morgan fingerprint density at radius 2 is 1.68 bits per heavy atom. The van der Waals surface area contributed by atoms with E-state index in [0.29, 0.717) is 37.7 Å². The Morgan fingerprint density at radius 1 is 1.06 bits per heavy atom. The fraction of sp³-hybridized carbons (Fsp3) is 0.462. The highest BCUT2D eigenvalue weighted by Gasteiger charge is 2.24. The topological polar surface area (TPSA) is 78.5 Å². The highest BCUT2D eigenvalue weighted by molar-refractivity contribution is 5.97. The molecule has 1 aromatic rings. The number of aryl methyl sites for hydroxylation is 1. The van der Waals surface area contributed by atoms with Crippen LogP contribution in [-0.4, -0.2) is 89.4 Å². The molecule has 8 heteroatoms. The lowest BCUT2D eigenvalue weighted by molar-refractivity contribution is 0.0668. The van der Waals surface area contributed by atoms with Crippen LogP contribution in [0.15, 0.2) is 53.4 Å². The molecule has 8 nitrogen and oxygen atoms in total. The van der Waals surface area contributed by atoms with Gasteiger partial charge in [0.15, 0.2) is 0 Å². The molecule has 2 aliphatic heterocycles. The van der Waals surface area contributed by atoms with Crippen LogP contribution >= 0.6 is 0 Å². The number of hydrogen-bond acceptors (Lipinski definition) is 6. The highest BCUT2D eigenvalue weighted by atomic mass is 16.2. The Morgan fingerprint density at radius 3 is 2.29 bits per heavy atom. The summed E-state index contributed by atoms with van der Waals surface area (Å²) in [6.07, 6.45) is 1.59. The summed E-state index contributed by atoms with van der Waals surface area (Å²) in [6.45, 7) is 20.5. The van der Waals surface area contributed by atoms with Crippen molar-refractivity contribution in [2.45, 2.75) is 27.3 Å². The number of rotatable bonds is 6. The number of nitrogens with zero attached hydrogens (tertiary/aromatic N) is 7. The molecular formula is C26H35N7O. The summed E-state index contributed by atoms with van der Waals surface area (Å²) >= 11 is 0. The van der Waals surface area contributed by atoms with Gasteiger partial charge >= 0.3 is 0 Å². The summed E-state index contributed by atoms with van der Waals surface area (Å²) in [5, 5.41) is 8.92. The van der Waals surface area contributed by atoms with Gasteiger partial charge in [-0.3, -0.25) is 9.69 Å². The van der Waals surface area contributed by atoms with Crippen LogP contribution in [0.25, 0.3) is 0 Å². The third-order valence-corrected chi connectivity index (χ3v) is 6.44. The number of benzene rings is 1. The number of carbonyl (C=O) groups is 1.